The molecule has 0 aromatic carbocycles. The number of imide groups is 2. The van der Waals surface area contributed by atoms with E-state index in [0.717, 1.165) is 25.7 Å². The van der Waals surface area contributed by atoms with Crippen molar-refractivity contribution < 1.29 is 19.2 Å². The van der Waals surface area contributed by atoms with Gasteiger partial charge in [0.1, 0.15) is 0 Å². The molecule has 2 saturated carbocycles. The number of carbonyl (C=O) groups is 2. The third kappa shape index (κ3) is 5.19. The number of nitrogens with zero attached hydrogens (tertiary/aromatic N) is 4. The van der Waals surface area contributed by atoms with E-state index in [0.29, 0.717) is 25.9 Å². The van der Waals surface area contributed by atoms with Crippen molar-refractivity contribution in [2.45, 2.75) is 92.2 Å². The Balaban J connectivity index is 1.69. The Morgan fingerprint density at radius 3 is 1.38 bits per heavy atom. The number of isocyanates is 2. The van der Waals surface area contributed by atoms with Gasteiger partial charge in [-0.3, -0.25) is 0 Å². The largest absolute Gasteiger partial charge is 0.336 e. The lowest BCUT2D eigenvalue weighted by Crippen LogP contribution is -2.68. The van der Waals surface area contributed by atoms with Crippen LogP contribution in [0, 0.1) is 21.7 Å². The first-order chi connectivity index (χ1) is 14.7. The van der Waals surface area contributed by atoms with Crippen molar-refractivity contribution in [2.75, 3.05) is 13.1 Å². The Hall–Kier alpha value is -2.30. The van der Waals surface area contributed by atoms with Gasteiger partial charge in [-0.15, -0.1) is 0 Å². The van der Waals surface area contributed by atoms with Crippen LogP contribution >= 0.6 is 0 Å². The van der Waals surface area contributed by atoms with Gasteiger partial charge in [-0.2, -0.15) is 0 Å². The second kappa shape index (κ2) is 8.24. The molecule has 2 aliphatic carbocycles. The number of hydrogen-bond acceptors (Lipinski definition) is 6. The average Bonchev–Trinajstić information content (AvgIpc) is 2.61. The van der Waals surface area contributed by atoms with Crippen LogP contribution in [0.2, 0.25) is 0 Å². The van der Waals surface area contributed by atoms with E-state index in [1.54, 1.807) is 12.2 Å². The van der Waals surface area contributed by atoms with Gasteiger partial charge in [-0.1, -0.05) is 41.5 Å². The standard InChI is InChI=1S/C24H36N4O4/c1-21(2)7-17(25-15-29)9-23(5,11-21)13-27-19(31)28(20(27)32)14-24(6)10-18(26-16-30)8-22(3,4)12-24/h17-18H,7-14H2,1-6H3. The maximum atomic E-state index is 13.0. The zero-order valence-corrected chi connectivity index (χ0v) is 20.2. The Morgan fingerprint density at radius 1 is 0.719 bits per heavy atom. The summed E-state index contributed by atoms with van der Waals surface area (Å²) in [6.07, 6.45) is 7.94. The fourth-order valence-corrected chi connectivity index (χ4v) is 7.17. The van der Waals surface area contributed by atoms with E-state index < -0.39 is 0 Å². The summed E-state index contributed by atoms with van der Waals surface area (Å²) in [4.78, 5) is 58.2. The van der Waals surface area contributed by atoms with Crippen molar-refractivity contribution in [1.82, 2.24) is 9.80 Å². The summed E-state index contributed by atoms with van der Waals surface area (Å²) in [5.74, 6) is 0. The molecule has 1 saturated heterocycles. The second-order valence-electron chi connectivity index (χ2n) is 12.6. The fraction of sp³-hybridized carbons (Fsp3) is 0.833. The summed E-state index contributed by atoms with van der Waals surface area (Å²) in [6.45, 7) is 13.3. The normalized spacial score (nSPS) is 36.1. The molecule has 8 heteroatoms. The van der Waals surface area contributed by atoms with Gasteiger partial charge in [0.05, 0.1) is 12.1 Å². The zero-order valence-electron chi connectivity index (χ0n) is 20.2. The molecule has 176 valence electrons. The highest BCUT2D eigenvalue weighted by atomic mass is 16.2. The Labute approximate surface area is 190 Å². The Morgan fingerprint density at radius 2 is 1.06 bits per heavy atom. The van der Waals surface area contributed by atoms with E-state index in [-0.39, 0.29) is 45.8 Å². The van der Waals surface area contributed by atoms with Crippen LogP contribution in [-0.4, -0.2) is 59.2 Å². The van der Waals surface area contributed by atoms with Gasteiger partial charge >= 0.3 is 12.1 Å². The molecular formula is C24H36N4O4. The molecule has 0 radical (unpaired) electrons. The first-order valence-electron chi connectivity index (χ1n) is 11.5. The quantitative estimate of drug-likeness (QED) is 0.438. The first-order valence-corrected chi connectivity index (χ1v) is 11.5. The lowest BCUT2D eigenvalue weighted by atomic mass is 9.62. The van der Waals surface area contributed by atoms with Crippen molar-refractivity contribution in [3.63, 3.8) is 0 Å². The van der Waals surface area contributed by atoms with Gasteiger partial charge in [0.15, 0.2) is 0 Å². The highest BCUT2D eigenvalue weighted by molar-refractivity contribution is 6.11. The summed E-state index contributed by atoms with van der Waals surface area (Å²) in [6, 6.07) is -0.810. The van der Waals surface area contributed by atoms with E-state index in [9.17, 15) is 19.2 Å². The predicted octanol–water partition coefficient (Wildman–Crippen LogP) is 4.69. The lowest BCUT2D eigenvalue weighted by Gasteiger charge is -2.52. The Bertz CT molecular complexity index is 802. The molecule has 32 heavy (non-hydrogen) atoms. The number of rotatable bonds is 6. The highest BCUT2D eigenvalue weighted by Gasteiger charge is 2.52. The molecule has 8 nitrogen and oxygen atoms in total. The molecule has 0 aromatic heterocycles. The van der Waals surface area contributed by atoms with Gasteiger partial charge < -0.3 is 0 Å². The Kier molecular flexibility index (Phi) is 6.27. The molecule has 4 unspecified atom stereocenters. The number of urea groups is 2. The molecule has 4 amide bonds. The predicted molar refractivity (Wildman–Crippen MR) is 120 cm³/mol. The minimum Gasteiger partial charge on any atom is -0.247 e. The minimum atomic E-state index is -0.301. The SMILES string of the molecule is CC1(C)CC(N=C=O)CC(C)(CN2C(=O)N(CC3(C)CC(N=C=O)CC(C)(C)C3)C2=O)C1. The van der Waals surface area contributed by atoms with Gasteiger partial charge in [-0.05, 0) is 60.2 Å². The van der Waals surface area contributed by atoms with Crippen molar-refractivity contribution >= 4 is 24.2 Å². The molecule has 0 aromatic rings. The molecular weight excluding hydrogens is 408 g/mol. The minimum absolute atomic E-state index is 0.0378. The van der Waals surface area contributed by atoms with Crippen molar-refractivity contribution in [2.24, 2.45) is 31.6 Å². The maximum Gasteiger partial charge on any atom is 0.336 e. The van der Waals surface area contributed by atoms with Crippen LogP contribution < -0.4 is 0 Å². The van der Waals surface area contributed by atoms with Crippen LogP contribution in [0.15, 0.2) is 9.98 Å². The van der Waals surface area contributed by atoms with Crippen LogP contribution in [0.25, 0.3) is 0 Å². The molecule has 0 bridgehead atoms. The summed E-state index contributed by atoms with van der Waals surface area (Å²) in [5.41, 5.74) is -0.677. The molecule has 0 spiro atoms. The topological polar surface area (TPSA) is 99.5 Å². The van der Waals surface area contributed by atoms with E-state index in [4.69, 9.17) is 0 Å². The third-order valence-corrected chi connectivity index (χ3v) is 7.32. The second-order valence-corrected chi connectivity index (χ2v) is 12.6. The van der Waals surface area contributed by atoms with Gasteiger partial charge in [0.2, 0.25) is 12.2 Å². The van der Waals surface area contributed by atoms with Crippen LogP contribution in [0.5, 0.6) is 0 Å². The van der Waals surface area contributed by atoms with Gasteiger partial charge in [0.25, 0.3) is 0 Å². The van der Waals surface area contributed by atoms with Crippen LogP contribution in [0.1, 0.15) is 80.1 Å². The molecule has 1 heterocycles. The lowest BCUT2D eigenvalue weighted by molar-refractivity contribution is 0.0159. The molecule has 3 aliphatic rings. The van der Waals surface area contributed by atoms with E-state index in [2.05, 4.69) is 51.5 Å². The van der Waals surface area contributed by atoms with Crippen LogP contribution in [0.3, 0.4) is 0 Å². The smallest absolute Gasteiger partial charge is 0.247 e. The van der Waals surface area contributed by atoms with Crippen molar-refractivity contribution in [3.8, 4) is 0 Å². The fourth-order valence-electron chi connectivity index (χ4n) is 7.17. The molecule has 3 fully saturated rings. The van der Waals surface area contributed by atoms with E-state index in [1.165, 1.54) is 9.80 Å². The molecule has 3 rings (SSSR count). The van der Waals surface area contributed by atoms with Gasteiger partial charge in [-0.25, -0.2) is 39.0 Å². The summed E-state index contributed by atoms with van der Waals surface area (Å²) in [5, 5.41) is 0. The third-order valence-electron chi connectivity index (χ3n) is 7.32. The summed E-state index contributed by atoms with van der Waals surface area (Å²) < 4.78 is 0. The highest BCUT2D eigenvalue weighted by Crippen LogP contribution is 2.50. The molecule has 4 atom stereocenters. The zero-order chi connectivity index (χ0) is 23.9. The number of carbonyl (C=O) groups excluding carboxylic acids is 4. The number of hydrogen-bond donors (Lipinski definition) is 0. The van der Waals surface area contributed by atoms with Crippen molar-refractivity contribution in [1.29, 1.82) is 0 Å². The molecule has 0 N–H and O–H groups in total. The van der Waals surface area contributed by atoms with E-state index >= 15 is 0 Å². The van der Waals surface area contributed by atoms with Crippen molar-refractivity contribution in [3.05, 3.63) is 0 Å². The van der Waals surface area contributed by atoms with Crippen LogP contribution in [-0.2, 0) is 9.59 Å². The summed E-state index contributed by atoms with van der Waals surface area (Å²) >= 11 is 0. The summed E-state index contributed by atoms with van der Waals surface area (Å²) in [7, 11) is 0. The monoisotopic (exact) mass is 444 g/mol. The number of amides is 4. The maximum absolute atomic E-state index is 13.0. The first kappa shape index (κ1) is 24.3. The molecule has 1 aliphatic heterocycles. The average molecular weight is 445 g/mol. The number of aliphatic imine (C=N–C) groups is 2. The van der Waals surface area contributed by atoms with E-state index in [1.807, 2.05) is 0 Å². The van der Waals surface area contributed by atoms with Gasteiger partial charge in [0, 0.05) is 13.1 Å². The van der Waals surface area contributed by atoms with Crippen LogP contribution in [0.4, 0.5) is 9.59 Å².